The molecule has 0 heterocycles. The van der Waals surface area contributed by atoms with E-state index >= 15 is 0 Å². The standard InChI is InChI=1S/C19H24N2O/c1-14-10-9-13-16(19(2,3)4)17(14)21(5)18(22)20-15-11-7-6-8-12-15/h6-13H,1-5H3,(H,20,22). The van der Waals surface area contributed by atoms with Crippen LogP contribution in [0.1, 0.15) is 31.9 Å². The monoisotopic (exact) mass is 296 g/mol. The van der Waals surface area contributed by atoms with Gasteiger partial charge in [-0.1, -0.05) is 57.2 Å². The maximum Gasteiger partial charge on any atom is 0.326 e. The molecule has 0 aliphatic rings. The van der Waals surface area contributed by atoms with E-state index in [0.717, 1.165) is 16.9 Å². The molecule has 0 saturated carbocycles. The number of amides is 2. The lowest BCUT2D eigenvalue weighted by atomic mass is 9.84. The van der Waals surface area contributed by atoms with Gasteiger partial charge < -0.3 is 5.32 Å². The van der Waals surface area contributed by atoms with Gasteiger partial charge in [0, 0.05) is 12.7 Å². The molecular weight excluding hydrogens is 272 g/mol. The van der Waals surface area contributed by atoms with E-state index in [9.17, 15) is 4.79 Å². The predicted molar refractivity (Wildman–Crippen MR) is 93.7 cm³/mol. The summed E-state index contributed by atoms with van der Waals surface area (Å²) in [4.78, 5) is 14.3. The number of anilines is 2. The zero-order valence-electron chi connectivity index (χ0n) is 14.0. The van der Waals surface area contributed by atoms with Crippen LogP contribution in [0.4, 0.5) is 16.2 Å². The van der Waals surface area contributed by atoms with Gasteiger partial charge in [-0.3, -0.25) is 4.90 Å². The van der Waals surface area contributed by atoms with E-state index in [1.54, 1.807) is 4.90 Å². The lowest BCUT2D eigenvalue weighted by Crippen LogP contribution is -2.33. The molecule has 0 saturated heterocycles. The van der Waals surface area contributed by atoms with E-state index in [1.807, 2.05) is 56.4 Å². The molecule has 3 heteroatoms. The van der Waals surface area contributed by atoms with Crippen LogP contribution in [0.25, 0.3) is 0 Å². The fourth-order valence-electron chi connectivity index (χ4n) is 2.54. The number of rotatable bonds is 2. The Morgan fingerprint density at radius 2 is 1.64 bits per heavy atom. The highest BCUT2D eigenvalue weighted by Crippen LogP contribution is 2.34. The van der Waals surface area contributed by atoms with Gasteiger partial charge in [0.15, 0.2) is 0 Å². The summed E-state index contributed by atoms with van der Waals surface area (Å²) in [5.41, 5.74) is 4.01. The van der Waals surface area contributed by atoms with Crippen LogP contribution in [-0.2, 0) is 5.41 Å². The zero-order chi connectivity index (χ0) is 16.3. The van der Waals surface area contributed by atoms with Gasteiger partial charge in [-0.25, -0.2) is 4.79 Å². The second-order valence-electron chi connectivity index (χ2n) is 6.58. The molecule has 2 aromatic carbocycles. The summed E-state index contributed by atoms with van der Waals surface area (Å²) < 4.78 is 0. The Morgan fingerprint density at radius 1 is 1.00 bits per heavy atom. The van der Waals surface area contributed by atoms with Crippen molar-refractivity contribution in [1.82, 2.24) is 0 Å². The first-order chi connectivity index (χ1) is 10.3. The third-order valence-corrected chi connectivity index (χ3v) is 3.71. The largest absolute Gasteiger partial charge is 0.326 e. The van der Waals surface area contributed by atoms with Crippen LogP contribution in [0.15, 0.2) is 48.5 Å². The molecule has 2 rings (SSSR count). The summed E-state index contributed by atoms with van der Waals surface area (Å²) >= 11 is 0. The zero-order valence-corrected chi connectivity index (χ0v) is 14.0. The highest BCUT2D eigenvalue weighted by molar-refractivity contribution is 6.02. The van der Waals surface area contributed by atoms with Crippen molar-refractivity contribution < 1.29 is 4.79 Å². The quantitative estimate of drug-likeness (QED) is 0.834. The van der Waals surface area contributed by atoms with Gasteiger partial charge in [0.05, 0.1) is 5.69 Å². The van der Waals surface area contributed by atoms with Gasteiger partial charge in [0.25, 0.3) is 0 Å². The first-order valence-corrected chi connectivity index (χ1v) is 7.50. The van der Waals surface area contributed by atoms with Gasteiger partial charge >= 0.3 is 6.03 Å². The molecule has 1 N–H and O–H groups in total. The van der Waals surface area contributed by atoms with Crippen LogP contribution in [0.2, 0.25) is 0 Å². The number of hydrogen-bond donors (Lipinski definition) is 1. The molecular formula is C19H24N2O. The molecule has 2 amide bonds. The summed E-state index contributed by atoms with van der Waals surface area (Å²) in [5.74, 6) is 0. The van der Waals surface area contributed by atoms with Crippen molar-refractivity contribution >= 4 is 17.4 Å². The van der Waals surface area contributed by atoms with Crippen LogP contribution in [0, 0.1) is 6.92 Å². The number of nitrogens with one attached hydrogen (secondary N) is 1. The molecule has 3 nitrogen and oxygen atoms in total. The second kappa shape index (κ2) is 6.22. The van der Waals surface area contributed by atoms with E-state index in [0.29, 0.717) is 0 Å². The third kappa shape index (κ3) is 3.48. The normalized spacial score (nSPS) is 11.1. The molecule has 116 valence electrons. The molecule has 0 aliphatic heterocycles. The fraction of sp³-hybridized carbons (Fsp3) is 0.316. The van der Waals surface area contributed by atoms with E-state index in [2.05, 4.69) is 32.2 Å². The number of hydrogen-bond acceptors (Lipinski definition) is 1. The lowest BCUT2D eigenvalue weighted by Gasteiger charge is -2.29. The van der Waals surface area contributed by atoms with E-state index in [-0.39, 0.29) is 11.4 Å². The smallest absolute Gasteiger partial charge is 0.308 e. The summed E-state index contributed by atoms with van der Waals surface area (Å²) in [5, 5.41) is 2.93. The van der Waals surface area contributed by atoms with Crippen molar-refractivity contribution in [2.75, 3.05) is 17.3 Å². The molecule has 2 aromatic rings. The van der Waals surface area contributed by atoms with Gasteiger partial charge in [-0.2, -0.15) is 0 Å². The average Bonchev–Trinajstić information content (AvgIpc) is 2.46. The Bertz CT molecular complexity index is 657. The lowest BCUT2D eigenvalue weighted by molar-refractivity contribution is 0.258. The molecule has 0 bridgehead atoms. The number of carbonyl (C=O) groups is 1. The SMILES string of the molecule is Cc1cccc(C(C)(C)C)c1N(C)C(=O)Nc1ccccc1. The Kier molecular flexibility index (Phi) is 4.55. The van der Waals surface area contributed by atoms with Crippen molar-refractivity contribution in [3.8, 4) is 0 Å². The van der Waals surface area contributed by atoms with Crippen LogP contribution < -0.4 is 10.2 Å². The minimum atomic E-state index is -0.133. The van der Waals surface area contributed by atoms with Gasteiger partial charge in [-0.15, -0.1) is 0 Å². The van der Waals surface area contributed by atoms with Gasteiger partial charge in [-0.05, 0) is 35.6 Å². The van der Waals surface area contributed by atoms with E-state index < -0.39 is 0 Å². The minimum absolute atomic E-state index is 0.0252. The fourth-order valence-corrected chi connectivity index (χ4v) is 2.54. The van der Waals surface area contributed by atoms with Crippen molar-refractivity contribution in [1.29, 1.82) is 0 Å². The Labute approximate surface area is 133 Å². The highest BCUT2D eigenvalue weighted by atomic mass is 16.2. The number of para-hydroxylation sites is 2. The topological polar surface area (TPSA) is 32.3 Å². The summed E-state index contributed by atoms with van der Waals surface area (Å²) in [6.45, 7) is 8.52. The number of carbonyl (C=O) groups excluding carboxylic acids is 1. The van der Waals surface area contributed by atoms with Crippen LogP contribution >= 0.6 is 0 Å². The van der Waals surface area contributed by atoms with Gasteiger partial charge in [0.1, 0.15) is 0 Å². The summed E-state index contributed by atoms with van der Waals surface area (Å²) in [6.07, 6.45) is 0. The van der Waals surface area contributed by atoms with E-state index in [1.165, 1.54) is 5.56 Å². The third-order valence-electron chi connectivity index (χ3n) is 3.71. The molecule has 0 atom stereocenters. The van der Waals surface area contributed by atoms with Crippen LogP contribution in [0.3, 0.4) is 0 Å². The van der Waals surface area contributed by atoms with Crippen LogP contribution in [-0.4, -0.2) is 13.1 Å². The predicted octanol–water partition coefficient (Wildman–Crippen LogP) is 4.96. The van der Waals surface area contributed by atoms with Gasteiger partial charge in [0.2, 0.25) is 0 Å². The number of urea groups is 1. The first kappa shape index (κ1) is 16.1. The van der Waals surface area contributed by atoms with Crippen molar-refractivity contribution in [3.63, 3.8) is 0 Å². The molecule has 0 radical (unpaired) electrons. The maximum atomic E-state index is 12.6. The highest BCUT2D eigenvalue weighted by Gasteiger charge is 2.23. The molecule has 22 heavy (non-hydrogen) atoms. The second-order valence-corrected chi connectivity index (χ2v) is 6.58. The van der Waals surface area contributed by atoms with Crippen molar-refractivity contribution in [2.45, 2.75) is 33.1 Å². The molecule has 0 aliphatic carbocycles. The van der Waals surface area contributed by atoms with Crippen molar-refractivity contribution in [3.05, 3.63) is 59.7 Å². The first-order valence-electron chi connectivity index (χ1n) is 7.50. The Morgan fingerprint density at radius 3 is 2.23 bits per heavy atom. The van der Waals surface area contributed by atoms with Crippen molar-refractivity contribution in [2.24, 2.45) is 0 Å². The number of aryl methyl sites for hydroxylation is 1. The summed E-state index contributed by atoms with van der Waals surface area (Å²) in [7, 11) is 1.82. The number of nitrogens with zero attached hydrogens (tertiary/aromatic N) is 1. The van der Waals surface area contributed by atoms with E-state index in [4.69, 9.17) is 0 Å². The minimum Gasteiger partial charge on any atom is -0.308 e. The summed E-state index contributed by atoms with van der Waals surface area (Å²) in [6, 6.07) is 15.5. The van der Waals surface area contributed by atoms with Crippen LogP contribution in [0.5, 0.6) is 0 Å². The number of benzene rings is 2. The Hall–Kier alpha value is -2.29. The average molecular weight is 296 g/mol. The molecule has 0 fully saturated rings. The Balaban J connectivity index is 2.33. The molecule has 0 unspecified atom stereocenters. The molecule has 0 aromatic heterocycles. The maximum absolute atomic E-state index is 12.6. The molecule has 0 spiro atoms.